The molecule has 0 N–H and O–H groups in total. The largest absolute Gasteiger partial charge is 0.309 e. The molecule has 0 spiro atoms. The lowest BCUT2D eigenvalue weighted by Crippen LogP contribution is -1.96. The molecule has 8 aromatic carbocycles. The van der Waals surface area contributed by atoms with Crippen molar-refractivity contribution in [2.75, 3.05) is 0 Å². The van der Waals surface area contributed by atoms with Crippen molar-refractivity contribution in [1.29, 1.82) is 0 Å². The van der Waals surface area contributed by atoms with E-state index in [9.17, 15) is 0 Å². The Kier molecular flexibility index (Phi) is 7.18. The predicted molar refractivity (Wildman–Crippen MR) is 221 cm³/mol. The van der Waals surface area contributed by atoms with Crippen LogP contribution in [-0.2, 0) is 0 Å². The highest BCUT2D eigenvalue weighted by molar-refractivity contribution is 6.10. The van der Waals surface area contributed by atoms with Crippen molar-refractivity contribution in [3.8, 4) is 33.6 Å². The number of hydrogen-bond acceptors (Lipinski definition) is 0. The summed E-state index contributed by atoms with van der Waals surface area (Å²) < 4.78 is 4.76. The van der Waals surface area contributed by atoms with Gasteiger partial charge < -0.3 is 9.13 Å². The van der Waals surface area contributed by atoms with Crippen molar-refractivity contribution in [3.63, 3.8) is 0 Å². The van der Waals surface area contributed by atoms with Crippen molar-refractivity contribution < 1.29 is 0 Å². The number of rotatable bonds is 6. The first-order valence-corrected chi connectivity index (χ1v) is 17.9. The minimum atomic E-state index is 1.17. The number of nitrogens with zero attached hydrogens (tertiary/aromatic N) is 2. The van der Waals surface area contributed by atoms with E-state index in [1.54, 1.807) is 0 Å². The predicted octanol–water partition coefficient (Wildman–Crippen LogP) is 13.4. The molecule has 2 aromatic heterocycles. The molecule has 0 atom stereocenters. The molecule has 2 heteroatoms. The Hall–Kier alpha value is -6.90. The quantitative estimate of drug-likeness (QED) is 0.157. The molecule has 2 nitrogen and oxygen atoms in total. The lowest BCUT2D eigenvalue weighted by molar-refractivity contribution is 1.18. The Morgan fingerprint density at radius 1 is 0.288 bits per heavy atom. The molecule has 52 heavy (non-hydrogen) atoms. The van der Waals surface area contributed by atoms with Gasteiger partial charge >= 0.3 is 0 Å². The fourth-order valence-electron chi connectivity index (χ4n) is 7.85. The molecule has 0 amide bonds. The van der Waals surface area contributed by atoms with Crippen LogP contribution in [0.25, 0.3) is 89.4 Å². The SMILES string of the molecule is C(=Cc1ccc(-c2ccccc2-n2c3ccccc3c3ccccc32)cc1)c1ccc(-c2ccc(-n3c4ccccc4c4ccccc43)cc2)cc1. The maximum Gasteiger partial charge on any atom is 0.0541 e. The third-order valence-electron chi connectivity index (χ3n) is 10.4. The van der Waals surface area contributed by atoms with Gasteiger partial charge in [0.15, 0.2) is 0 Å². The highest BCUT2D eigenvalue weighted by atomic mass is 15.0. The molecule has 2 heterocycles. The average Bonchev–Trinajstić information content (AvgIpc) is 3.74. The number of para-hydroxylation sites is 5. The van der Waals surface area contributed by atoms with E-state index >= 15 is 0 Å². The van der Waals surface area contributed by atoms with Crippen molar-refractivity contribution in [1.82, 2.24) is 9.13 Å². The van der Waals surface area contributed by atoms with Gasteiger partial charge in [-0.1, -0.05) is 164 Å². The third-order valence-corrected chi connectivity index (χ3v) is 10.4. The average molecular weight is 663 g/mol. The minimum Gasteiger partial charge on any atom is -0.309 e. The van der Waals surface area contributed by atoms with E-state index in [1.165, 1.54) is 88.4 Å². The second-order valence-corrected chi connectivity index (χ2v) is 13.4. The van der Waals surface area contributed by atoms with Gasteiger partial charge in [0.25, 0.3) is 0 Å². The minimum absolute atomic E-state index is 1.17. The second-order valence-electron chi connectivity index (χ2n) is 13.4. The van der Waals surface area contributed by atoms with Gasteiger partial charge in [0.2, 0.25) is 0 Å². The maximum atomic E-state index is 2.40. The van der Waals surface area contributed by atoms with E-state index < -0.39 is 0 Å². The summed E-state index contributed by atoms with van der Waals surface area (Å²) in [7, 11) is 0. The van der Waals surface area contributed by atoms with Crippen LogP contribution < -0.4 is 0 Å². The topological polar surface area (TPSA) is 9.86 Å². The van der Waals surface area contributed by atoms with Gasteiger partial charge in [0.05, 0.1) is 27.8 Å². The molecule has 0 saturated carbocycles. The van der Waals surface area contributed by atoms with Crippen molar-refractivity contribution in [2.45, 2.75) is 0 Å². The molecule has 0 saturated heterocycles. The van der Waals surface area contributed by atoms with E-state index in [4.69, 9.17) is 0 Å². The van der Waals surface area contributed by atoms with Crippen LogP contribution in [-0.4, -0.2) is 9.13 Å². The highest BCUT2D eigenvalue weighted by Gasteiger charge is 2.15. The van der Waals surface area contributed by atoms with Crippen LogP contribution in [0.15, 0.2) is 194 Å². The first-order chi connectivity index (χ1) is 25.8. The van der Waals surface area contributed by atoms with Crippen molar-refractivity contribution in [2.24, 2.45) is 0 Å². The lowest BCUT2D eigenvalue weighted by Gasteiger charge is -2.14. The zero-order valence-corrected chi connectivity index (χ0v) is 28.5. The van der Waals surface area contributed by atoms with Crippen molar-refractivity contribution in [3.05, 3.63) is 205 Å². The van der Waals surface area contributed by atoms with E-state index in [1.807, 2.05) is 0 Å². The Bertz CT molecular complexity index is 2810. The maximum absolute atomic E-state index is 2.40. The number of fused-ring (bicyclic) bond motifs is 6. The molecule has 0 fully saturated rings. The molecule has 0 aliphatic carbocycles. The summed E-state index contributed by atoms with van der Waals surface area (Å²) in [6.45, 7) is 0. The number of benzene rings is 8. The fraction of sp³-hybridized carbons (Fsp3) is 0. The van der Waals surface area contributed by atoms with Gasteiger partial charge in [-0.2, -0.15) is 0 Å². The molecule has 0 aliphatic heterocycles. The summed E-state index contributed by atoms with van der Waals surface area (Å²) in [5.41, 5.74) is 14.4. The molecule has 0 aliphatic rings. The van der Waals surface area contributed by atoms with E-state index in [-0.39, 0.29) is 0 Å². The van der Waals surface area contributed by atoms with Gasteiger partial charge in [-0.15, -0.1) is 0 Å². The monoisotopic (exact) mass is 662 g/mol. The molecule has 0 bridgehead atoms. The van der Waals surface area contributed by atoms with E-state index in [0.29, 0.717) is 0 Å². The fourth-order valence-corrected chi connectivity index (χ4v) is 7.85. The smallest absolute Gasteiger partial charge is 0.0541 e. The van der Waals surface area contributed by atoms with Gasteiger partial charge in [-0.05, 0) is 70.3 Å². The summed E-state index contributed by atoms with van der Waals surface area (Å²) in [4.78, 5) is 0. The van der Waals surface area contributed by atoms with E-state index in [2.05, 4.69) is 215 Å². The van der Waals surface area contributed by atoms with Gasteiger partial charge in [-0.3, -0.25) is 0 Å². The summed E-state index contributed by atoms with van der Waals surface area (Å²) in [5.74, 6) is 0. The van der Waals surface area contributed by atoms with Crippen molar-refractivity contribution >= 4 is 55.8 Å². The van der Waals surface area contributed by atoms with Gasteiger partial charge in [-0.25, -0.2) is 0 Å². The van der Waals surface area contributed by atoms with Crippen LogP contribution in [0.1, 0.15) is 11.1 Å². The summed E-state index contributed by atoms with van der Waals surface area (Å²) in [5, 5.41) is 5.11. The summed E-state index contributed by atoms with van der Waals surface area (Å²) in [6.07, 6.45) is 4.38. The molecule has 0 radical (unpaired) electrons. The Labute approximate surface area is 302 Å². The molecule has 0 unspecified atom stereocenters. The Balaban J connectivity index is 0.892. The number of aromatic nitrogens is 2. The summed E-state index contributed by atoms with van der Waals surface area (Å²) in [6, 6.07) is 70.0. The van der Waals surface area contributed by atoms with Crippen LogP contribution in [0, 0.1) is 0 Å². The van der Waals surface area contributed by atoms with E-state index in [0.717, 1.165) is 0 Å². The van der Waals surface area contributed by atoms with Crippen LogP contribution in [0.5, 0.6) is 0 Å². The van der Waals surface area contributed by atoms with Gasteiger partial charge in [0.1, 0.15) is 0 Å². The highest BCUT2D eigenvalue weighted by Crippen LogP contribution is 2.36. The zero-order valence-electron chi connectivity index (χ0n) is 28.5. The molecular weight excluding hydrogens is 629 g/mol. The van der Waals surface area contributed by atoms with Crippen LogP contribution in [0.3, 0.4) is 0 Å². The first-order valence-electron chi connectivity index (χ1n) is 17.9. The lowest BCUT2D eigenvalue weighted by atomic mass is 10.0. The van der Waals surface area contributed by atoms with Crippen LogP contribution >= 0.6 is 0 Å². The number of hydrogen-bond donors (Lipinski definition) is 0. The second kappa shape index (κ2) is 12.5. The molecular formula is C50H34N2. The van der Waals surface area contributed by atoms with Crippen LogP contribution in [0.2, 0.25) is 0 Å². The standard InChI is InChI=1S/C50H34N2/c1-6-16-46(52-49-19-9-4-14-44(49)45-15-5-10-20-50(45)52)41(11-1)39-29-25-36(26-30-39)22-21-35-23-27-37(28-24-35)38-31-33-40(34-32-38)51-47-17-7-2-12-42(47)43-13-3-8-18-48(43)51/h1-34H. The summed E-state index contributed by atoms with van der Waals surface area (Å²) >= 11 is 0. The molecule has 244 valence electrons. The Morgan fingerprint density at radius 3 is 1.13 bits per heavy atom. The Morgan fingerprint density at radius 2 is 0.654 bits per heavy atom. The third kappa shape index (κ3) is 5.04. The zero-order chi connectivity index (χ0) is 34.4. The van der Waals surface area contributed by atoms with Crippen LogP contribution in [0.4, 0.5) is 0 Å². The molecule has 10 rings (SSSR count). The molecule has 10 aromatic rings. The normalized spacial score (nSPS) is 11.8. The van der Waals surface area contributed by atoms with Gasteiger partial charge in [0, 0.05) is 32.8 Å². The first kappa shape index (κ1) is 30.0.